The summed E-state index contributed by atoms with van der Waals surface area (Å²) in [6.07, 6.45) is 3.57. The Labute approximate surface area is 173 Å². The lowest BCUT2D eigenvalue weighted by molar-refractivity contribution is -0.384. The molecule has 0 spiro atoms. The highest BCUT2D eigenvalue weighted by Gasteiger charge is 2.09. The molecule has 0 aliphatic carbocycles. The van der Waals surface area contributed by atoms with Crippen LogP contribution in [0, 0.1) is 10.1 Å². The first-order chi connectivity index (χ1) is 13.4. The first-order valence-corrected chi connectivity index (χ1v) is 9.24. The molecule has 8 nitrogen and oxygen atoms in total. The van der Waals surface area contributed by atoms with Gasteiger partial charge in [0.05, 0.1) is 22.1 Å². The van der Waals surface area contributed by atoms with Gasteiger partial charge >= 0.3 is 0 Å². The minimum atomic E-state index is -0.487. The number of benzene rings is 2. The second kappa shape index (κ2) is 8.72. The maximum atomic E-state index is 12.3. The summed E-state index contributed by atoms with van der Waals surface area (Å²) in [6, 6.07) is 12.8. The van der Waals surface area contributed by atoms with Crippen molar-refractivity contribution in [3.05, 3.63) is 86.6 Å². The van der Waals surface area contributed by atoms with Crippen LogP contribution in [-0.2, 0) is 6.54 Å². The van der Waals surface area contributed by atoms with Crippen molar-refractivity contribution in [2.45, 2.75) is 6.54 Å². The summed E-state index contributed by atoms with van der Waals surface area (Å²) in [7, 11) is 0. The fraction of sp³-hybridized carbons (Fsp3) is 0.0556. The van der Waals surface area contributed by atoms with E-state index in [1.165, 1.54) is 24.3 Å². The van der Waals surface area contributed by atoms with Crippen molar-refractivity contribution in [1.82, 2.24) is 15.1 Å². The number of nitro groups is 1. The van der Waals surface area contributed by atoms with Gasteiger partial charge in [0, 0.05) is 29.6 Å². The van der Waals surface area contributed by atoms with Gasteiger partial charge in [0.15, 0.2) is 5.11 Å². The minimum Gasteiger partial charge on any atom is -0.332 e. The van der Waals surface area contributed by atoms with E-state index in [0.29, 0.717) is 17.8 Å². The Hall–Kier alpha value is -3.11. The monoisotopic (exact) mass is 459 g/mol. The Balaban J connectivity index is 1.56. The Morgan fingerprint density at radius 3 is 2.43 bits per heavy atom. The van der Waals surface area contributed by atoms with E-state index in [1.54, 1.807) is 23.0 Å². The topological polar surface area (TPSA) is 102 Å². The van der Waals surface area contributed by atoms with Crippen LogP contribution in [0.3, 0.4) is 0 Å². The van der Waals surface area contributed by atoms with E-state index in [9.17, 15) is 14.9 Å². The van der Waals surface area contributed by atoms with E-state index in [4.69, 9.17) is 12.2 Å². The van der Waals surface area contributed by atoms with Gasteiger partial charge in [0.25, 0.3) is 11.6 Å². The molecule has 1 heterocycles. The predicted octanol–water partition coefficient (Wildman–Crippen LogP) is 3.73. The van der Waals surface area contributed by atoms with E-state index in [2.05, 4.69) is 31.7 Å². The zero-order chi connectivity index (χ0) is 20.1. The number of nitrogens with zero attached hydrogens (tertiary/aromatic N) is 3. The molecule has 142 valence electrons. The average molecular weight is 460 g/mol. The third kappa shape index (κ3) is 5.21. The zero-order valence-electron chi connectivity index (χ0n) is 14.3. The quantitative estimate of drug-likeness (QED) is 0.342. The van der Waals surface area contributed by atoms with Gasteiger partial charge in [0.1, 0.15) is 0 Å². The van der Waals surface area contributed by atoms with Gasteiger partial charge in [-0.05, 0) is 58.0 Å². The van der Waals surface area contributed by atoms with Crippen LogP contribution >= 0.6 is 28.1 Å². The molecule has 2 N–H and O–H groups in total. The summed E-state index contributed by atoms with van der Waals surface area (Å²) in [5.41, 5.74) is 1.97. The number of aromatic nitrogens is 2. The molecule has 0 bridgehead atoms. The highest BCUT2D eigenvalue weighted by atomic mass is 79.9. The summed E-state index contributed by atoms with van der Waals surface area (Å²) in [4.78, 5) is 22.5. The van der Waals surface area contributed by atoms with Crippen molar-refractivity contribution < 1.29 is 9.72 Å². The molecule has 0 fully saturated rings. The van der Waals surface area contributed by atoms with Gasteiger partial charge in [-0.3, -0.25) is 24.9 Å². The van der Waals surface area contributed by atoms with E-state index in [1.807, 2.05) is 18.3 Å². The number of amides is 1. The van der Waals surface area contributed by atoms with E-state index in [-0.39, 0.29) is 16.7 Å². The van der Waals surface area contributed by atoms with Gasteiger partial charge in [-0.15, -0.1) is 0 Å². The normalized spacial score (nSPS) is 10.3. The molecule has 2 aromatic carbocycles. The Kier molecular flexibility index (Phi) is 6.12. The van der Waals surface area contributed by atoms with Gasteiger partial charge in [-0.2, -0.15) is 5.10 Å². The number of nitro benzene ring substituents is 1. The molecule has 3 rings (SSSR count). The average Bonchev–Trinajstić information content (AvgIpc) is 3.07. The van der Waals surface area contributed by atoms with Crippen LogP contribution in [-0.4, -0.2) is 25.7 Å². The van der Waals surface area contributed by atoms with Gasteiger partial charge in [-0.25, -0.2) is 0 Å². The first-order valence-electron chi connectivity index (χ1n) is 8.04. The van der Waals surface area contributed by atoms with Crippen molar-refractivity contribution in [2.75, 3.05) is 5.32 Å². The molecule has 3 aromatic rings. The van der Waals surface area contributed by atoms with Gasteiger partial charge in [-0.1, -0.05) is 12.1 Å². The molecule has 0 atom stereocenters. The van der Waals surface area contributed by atoms with Crippen LogP contribution in [0.25, 0.3) is 0 Å². The molecule has 1 aromatic heterocycles. The second-order valence-electron chi connectivity index (χ2n) is 5.77. The predicted molar refractivity (Wildman–Crippen MR) is 112 cm³/mol. The summed E-state index contributed by atoms with van der Waals surface area (Å²) in [6.45, 7) is 0.591. The highest BCUT2D eigenvalue weighted by molar-refractivity contribution is 9.10. The van der Waals surface area contributed by atoms with E-state index >= 15 is 0 Å². The van der Waals surface area contributed by atoms with Crippen LogP contribution in [0.4, 0.5) is 11.4 Å². The molecule has 0 saturated carbocycles. The molecular formula is C18H14BrN5O3S. The zero-order valence-corrected chi connectivity index (χ0v) is 16.7. The Morgan fingerprint density at radius 1 is 1.18 bits per heavy atom. The summed E-state index contributed by atoms with van der Waals surface area (Å²) < 4.78 is 2.68. The molecule has 0 radical (unpaired) electrons. The number of non-ortho nitro benzene ring substituents is 1. The van der Waals surface area contributed by atoms with Crippen LogP contribution in [0.1, 0.15) is 15.9 Å². The fourth-order valence-electron chi connectivity index (χ4n) is 2.38. The van der Waals surface area contributed by atoms with Crippen LogP contribution < -0.4 is 10.6 Å². The molecular weight excluding hydrogens is 446 g/mol. The lowest BCUT2D eigenvalue weighted by Crippen LogP contribution is -2.34. The third-order valence-corrected chi connectivity index (χ3v) is 4.34. The number of rotatable bonds is 5. The number of hydrogen-bond donors (Lipinski definition) is 2. The summed E-state index contributed by atoms with van der Waals surface area (Å²) >= 11 is 8.47. The smallest absolute Gasteiger partial charge is 0.269 e. The highest BCUT2D eigenvalue weighted by Crippen LogP contribution is 2.15. The van der Waals surface area contributed by atoms with Crippen LogP contribution in [0.15, 0.2) is 65.4 Å². The molecule has 10 heteroatoms. The Morgan fingerprint density at radius 2 is 1.86 bits per heavy atom. The van der Waals surface area contributed by atoms with E-state index < -0.39 is 4.92 Å². The number of carbonyl (C=O) groups is 1. The SMILES string of the molecule is O=C(NC(=S)Nc1ccc([N+](=O)[O-])cc1)c1ccc(Cn2cc(Br)cn2)cc1. The lowest BCUT2D eigenvalue weighted by Gasteiger charge is -2.10. The minimum absolute atomic E-state index is 0.0249. The fourth-order valence-corrected chi connectivity index (χ4v) is 2.92. The van der Waals surface area contributed by atoms with Gasteiger partial charge in [0.2, 0.25) is 0 Å². The maximum Gasteiger partial charge on any atom is 0.269 e. The molecule has 0 aliphatic heterocycles. The number of carbonyl (C=O) groups excluding carboxylic acids is 1. The van der Waals surface area contributed by atoms with Crippen molar-refractivity contribution in [2.24, 2.45) is 0 Å². The van der Waals surface area contributed by atoms with E-state index in [0.717, 1.165) is 10.0 Å². The number of nitrogens with one attached hydrogen (secondary N) is 2. The molecule has 1 amide bonds. The third-order valence-electron chi connectivity index (χ3n) is 3.73. The van der Waals surface area contributed by atoms with Crippen molar-refractivity contribution in [3.8, 4) is 0 Å². The molecule has 0 aliphatic rings. The number of thiocarbonyl (C=S) groups is 1. The van der Waals surface area contributed by atoms with Crippen LogP contribution in [0.5, 0.6) is 0 Å². The number of hydrogen-bond acceptors (Lipinski definition) is 5. The first kappa shape index (κ1) is 19.6. The second-order valence-corrected chi connectivity index (χ2v) is 7.09. The largest absolute Gasteiger partial charge is 0.332 e. The van der Waals surface area contributed by atoms with Crippen LogP contribution in [0.2, 0.25) is 0 Å². The maximum absolute atomic E-state index is 12.3. The van der Waals surface area contributed by atoms with Crippen molar-refractivity contribution in [3.63, 3.8) is 0 Å². The standard InChI is InChI=1S/C18H14BrN5O3S/c19-14-9-20-23(11-14)10-12-1-3-13(4-2-12)17(25)22-18(28)21-15-5-7-16(8-6-15)24(26)27/h1-9,11H,10H2,(H2,21,22,25,28). The molecule has 28 heavy (non-hydrogen) atoms. The number of anilines is 1. The van der Waals surface area contributed by atoms with Crippen molar-refractivity contribution in [1.29, 1.82) is 0 Å². The van der Waals surface area contributed by atoms with Gasteiger partial charge < -0.3 is 5.32 Å². The number of halogens is 1. The lowest BCUT2D eigenvalue weighted by atomic mass is 10.1. The molecule has 0 unspecified atom stereocenters. The Bertz CT molecular complexity index is 1020. The van der Waals surface area contributed by atoms with Crippen molar-refractivity contribution >= 4 is 50.5 Å². The molecule has 0 saturated heterocycles. The summed E-state index contributed by atoms with van der Waals surface area (Å²) in [5, 5.41) is 20.3. The summed E-state index contributed by atoms with van der Waals surface area (Å²) in [5.74, 6) is -0.354.